The Morgan fingerprint density at radius 1 is 0.935 bits per heavy atom. The third kappa shape index (κ3) is 4.25. The summed E-state index contributed by atoms with van der Waals surface area (Å²) in [4.78, 5) is 37.2. The van der Waals surface area contributed by atoms with Gasteiger partial charge in [0.15, 0.2) is 0 Å². The molecule has 4 rings (SSSR count). The lowest BCUT2D eigenvalue weighted by Gasteiger charge is -2.43. The molecule has 1 saturated carbocycles. The molecule has 2 aromatic carbocycles. The Morgan fingerprint density at radius 2 is 1.58 bits per heavy atom. The second-order valence-electron chi connectivity index (χ2n) is 7.80. The summed E-state index contributed by atoms with van der Waals surface area (Å²) in [5, 5.41) is 18.7. The first kappa shape index (κ1) is 21.2. The molecule has 2 fully saturated rings. The predicted molar refractivity (Wildman–Crippen MR) is 116 cm³/mol. The van der Waals surface area contributed by atoms with Gasteiger partial charge in [-0.25, -0.2) is 9.59 Å². The third-order valence-electron chi connectivity index (χ3n) is 5.90. The van der Waals surface area contributed by atoms with E-state index in [9.17, 15) is 19.5 Å². The molecule has 2 N–H and O–H groups in total. The fourth-order valence-electron chi connectivity index (χ4n) is 4.30. The Morgan fingerprint density at radius 3 is 2.16 bits per heavy atom. The average molecular weight is 442 g/mol. The molecule has 2 aliphatic rings. The number of rotatable bonds is 5. The minimum Gasteiger partial charge on any atom is -0.490 e. The van der Waals surface area contributed by atoms with Crippen molar-refractivity contribution in [1.82, 2.24) is 4.90 Å². The zero-order valence-corrected chi connectivity index (χ0v) is 17.6. The SMILES string of the molecule is O=C(O)c1ccc(OC2CCC3(CC2)SC[C@@H](C(=O)O)N3C(=O)c2ccccc2)cc1. The van der Waals surface area contributed by atoms with E-state index in [4.69, 9.17) is 9.84 Å². The summed E-state index contributed by atoms with van der Waals surface area (Å²) in [6, 6.07) is 14.3. The van der Waals surface area contributed by atoms with Crippen molar-refractivity contribution in [1.29, 1.82) is 0 Å². The average Bonchev–Trinajstić information content (AvgIpc) is 3.15. The van der Waals surface area contributed by atoms with Crippen molar-refractivity contribution in [3.05, 3.63) is 65.7 Å². The van der Waals surface area contributed by atoms with Crippen LogP contribution >= 0.6 is 11.8 Å². The molecule has 31 heavy (non-hydrogen) atoms. The van der Waals surface area contributed by atoms with Crippen LogP contribution in [0.2, 0.25) is 0 Å². The van der Waals surface area contributed by atoms with Gasteiger partial charge in [-0.3, -0.25) is 4.79 Å². The monoisotopic (exact) mass is 441 g/mol. The minimum absolute atomic E-state index is 0.0699. The van der Waals surface area contributed by atoms with E-state index in [1.54, 1.807) is 53.1 Å². The maximum Gasteiger partial charge on any atom is 0.335 e. The Balaban J connectivity index is 1.48. The van der Waals surface area contributed by atoms with Crippen LogP contribution < -0.4 is 4.74 Å². The van der Waals surface area contributed by atoms with E-state index in [-0.39, 0.29) is 17.6 Å². The van der Waals surface area contributed by atoms with Crippen molar-refractivity contribution in [3.8, 4) is 5.75 Å². The van der Waals surface area contributed by atoms with Gasteiger partial charge in [0.1, 0.15) is 11.8 Å². The molecule has 1 heterocycles. The van der Waals surface area contributed by atoms with Gasteiger partial charge in [0.2, 0.25) is 0 Å². The number of carbonyl (C=O) groups is 3. The number of benzene rings is 2. The molecule has 0 aromatic heterocycles. The molecular formula is C23H23NO6S. The maximum absolute atomic E-state index is 13.3. The maximum atomic E-state index is 13.3. The van der Waals surface area contributed by atoms with Gasteiger partial charge >= 0.3 is 11.9 Å². The normalized spacial score (nSPS) is 25.4. The zero-order chi connectivity index (χ0) is 22.0. The number of carbonyl (C=O) groups excluding carboxylic acids is 1. The van der Waals surface area contributed by atoms with E-state index >= 15 is 0 Å². The van der Waals surface area contributed by atoms with Crippen LogP contribution in [0.15, 0.2) is 54.6 Å². The van der Waals surface area contributed by atoms with Crippen LogP contribution in [0.4, 0.5) is 0 Å². The number of aromatic carboxylic acids is 1. The van der Waals surface area contributed by atoms with E-state index in [1.807, 2.05) is 6.07 Å². The Labute approximate surface area is 184 Å². The summed E-state index contributed by atoms with van der Waals surface area (Å²) in [5.74, 6) is -1.24. The van der Waals surface area contributed by atoms with Gasteiger partial charge in [0.05, 0.1) is 16.5 Å². The standard InChI is InChI=1S/C23H23NO6S/c25-20(15-4-2-1-3-5-15)24-19(22(28)29)14-31-23(24)12-10-18(11-13-23)30-17-8-6-16(7-9-17)21(26)27/h1-9,18-19H,10-14H2,(H,26,27)(H,28,29)/t18?,19-,23?/m0/s1. The number of amides is 1. The van der Waals surface area contributed by atoms with Crippen molar-refractivity contribution in [2.75, 3.05) is 5.75 Å². The molecule has 0 radical (unpaired) electrons. The predicted octanol–water partition coefficient (Wildman–Crippen LogP) is 3.74. The van der Waals surface area contributed by atoms with Crippen LogP contribution in [0, 0.1) is 0 Å². The van der Waals surface area contributed by atoms with E-state index in [0.29, 0.717) is 42.7 Å². The molecule has 0 bridgehead atoms. The fourth-order valence-corrected chi connectivity index (χ4v) is 5.94. The lowest BCUT2D eigenvalue weighted by Crippen LogP contribution is -2.54. The smallest absolute Gasteiger partial charge is 0.335 e. The molecule has 1 saturated heterocycles. The van der Waals surface area contributed by atoms with Crippen molar-refractivity contribution in [2.45, 2.75) is 42.7 Å². The summed E-state index contributed by atoms with van der Waals surface area (Å²) in [7, 11) is 0. The van der Waals surface area contributed by atoms with Gasteiger partial charge in [0, 0.05) is 11.3 Å². The number of hydrogen-bond donors (Lipinski definition) is 2. The third-order valence-corrected chi connectivity index (χ3v) is 7.53. The van der Waals surface area contributed by atoms with Crippen molar-refractivity contribution < 1.29 is 29.3 Å². The number of hydrogen-bond acceptors (Lipinski definition) is 5. The van der Waals surface area contributed by atoms with Crippen LogP contribution in [0.25, 0.3) is 0 Å². The quantitative estimate of drug-likeness (QED) is 0.728. The van der Waals surface area contributed by atoms with Crippen LogP contribution in [0.1, 0.15) is 46.4 Å². The second-order valence-corrected chi connectivity index (χ2v) is 9.18. The van der Waals surface area contributed by atoms with Crippen molar-refractivity contribution >= 4 is 29.6 Å². The summed E-state index contributed by atoms with van der Waals surface area (Å²) in [6.45, 7) is 0. The number of thioether (sulfide) groups is 1. The number of ether oxygens (including phenoxy) is 1. The van der Waals surface area contributed by atoms with E-state index in [0.717, 1.165) is 0 Å². The fraction of sp³-hybridized carbons (Fsp3) is 0.348. The minimum atomic E-state index is -0.986. The molecule has 8 heteroatoms. The highest BCUT2D eigenvalue weighted by atomic mass is 32.2. The Hall–Kier alpha value is -3.00. The van der Waals surface area contributed by atoms with E-state index in [2.05, 4.69) is 0 Å². The number of nitrogens with zero attached hydrogens (tertiary/aromatic N) is 1. The van der Waals surface area contributed by atoms with Crippen molar-refractivity contribution in [2.24, 2.45) is 0 Å². The van der Waals surface area contributed by atoms with Gasteiger partial charge in [0.25, 0.3) is 5.91 Å². The first-order chi connectivity index (χ1) is 14.9. The molecule has 1 aliphatic carbocycles. The second kappa shape index (κ2) is 8.63. The molecule has 7 nitrogen and oxygen atoms in total. The molecule has 1 amide bonds. The van der Waals surface area contributed by atoms with Crippen LogP contribution in [0.3, 0.4) is 0 Å². The highest BCUT2D eigenvalue weighted by Gasteiger charge is 2.53. The largest absolute Gasteiger partial charge is 0.490 e. The number of aliphatic carboxylic acids is 1. The molecule has 0 unspecified atom stereocenters. The first-order valence-corrected chi connectivity index (χ1v) is 11.1. The van der Waals surface area contributed by atoms with Crippen molar-refractivity contribution in [3.63, 3.8) is 0 Å². The number of carboxylic acids is 2. The Bertz CT molecular complexity index is 969. The Kier molecular flexibility index (Phi) is 5.91. The van der Waals surface area contributed by atoms with Crippen LogP contribution in [-0.4, -0.2) is 55.7 Å². The molecule has 1 aliphatic heterocycles. The molecule has 2 aromatic rings. The summed E-state index contributed by atoms with van der Waals surface area (Å²) in [6.07, 6.45) is 2.56. The van der Waals surface area contributed by atoms with Gasteiger partial charge in [-0.05, 0) is 62.1 Å². The van der Waals surface area contributed by atoms with Gasteiger partial charge in [-0.2, -0.15) is 0 Å². The molecular weight excluding hydrogens is 418 g/mol. The lowest BCUT2D eigenvalue weighted by atomic mass is 9.89. The molecule has 1 spiro atoms. The lowest BCUT2D eigenvalue weighted by molar-refractivity contribution is -0.142. The first-order valence-electron chi connectivity index (χ1n) is 10.2. The topological polar surface area (TPSA) is 104 Å². The summed E-state index contributed by atoms with van der Waals surface area (Å²) >= 11 is 1.55. The highest BCUT2D eigenvalue weighted by molar-refractivity contribution is 8.01. The summed E-state index contributed by atoms with van der Waals surface area (Å²) < 4.78 is 6.03. The highest BCUT2D eigenvalue weighted by Crippen LogP contribution is 2.50. The molecule has 162 valence electrons. The van der Waals surface area contributed by atoms with Gasteiger partial charge in [-0.1, -0.05) is 18.2 Å². The van der Waals surface area contributed by atoms with Gasteiger partial charge < -0.3 is 19.8 Å². The van der Waals surface area contributed by atoms with E-state index < -0.39 is 22.9 Å². The van der Waals surface area contributed by atoms with Crippen LogP contribution in [-0.2, 0) is 4.79 Å². The number of carboxylic acid groups (broad SMARTS) is 2. The zero-order valence-electron chi connectivity index (χ0n) is 16.8. The van der Waals surface area contributed by atoms with Gasteiger partial charge in [-0.15, -0.1) is 11.8 Å². The summed E-state index contributed by atoms with van der Waals surface area (Å²) in [5.41, 5.74) is 0.694. The molecule has 1 atom stereocenters. The van der Waals surface area contributed by atoms with E-state index in [1.165, 1.54) is 12.1 Å². The van der Waals surface area contributed by atoms with Crippen LogP contribution in [0.5, 0.6) is 5.75 Å².